The molecule has 2 aliphatic heterocycles. The van der Waals surface area contributed by atoms with Crippen molar-refractivity contribution in [1.29, 1.82) is 0 Å². The average Bonchev–Trinajstić information content (AvgIpc) is 3.49. The van der Waals surface area contributed by atoms with Crippen LogP contribution in [0.25, 0.3) is 0 Å². The summed E-state index contributed by atoms with van der Waals surface area (Å²) in [5, 5.41) is 2.63. The number of benzene rings is 2. The smallest absolute Gasteiger partial charge is 0.324 e. The third kappa shape index (κ3) is 6.36. The number of nitrogens with zero attached hydrogens (tertiary/aromatic N) is 3. The molecule has 0 unspecified atom stereocenters. The first-order chi connectivity index (χ1) is 18.7. The van der Waals surface area contributed by atoms with Crippen molar-refractivity contribution in [2.24, 2.45) is 0 Å². The molecule has 1 N–H and O–H groups in total. The summed E-state index contributed by atoms with van der Waals surface area (Å²) in [6, 6.07) is 14.9. The fourth-order valence-corrected chi connectivity index (χ4v) is 4.82. The number of amides is 4. The Labute approximate surface area is 226 Å². The maximum Gasteiger partial charge on any atom is 0.324 e. The van der Waals surface area contributed by atoms with Gasteiger partial charge in [0.15, 0.2) is 0 Å². The van der Waals surface area contributed by atoms with E-state index in [0.29, 0.717) is 13.1 Å². The molecule has 1 saturated heterocycles. The number of hydrogen-bond donors (Lipinski definition) is 1. The van der Waals surface area contributed by atoms with E-state index in [1.807, 2.05) is 55.5 Å². The number of hydrogen-bond acceptors (Lipinski definition) is 7. The van der Waals surface area contributed by atoms with E-state index in [1.54, 1.807) is 9.80 Å². The second kappa shape index (κ2) is 12.0. The molecular formula is C28H32N4O7. The lowest BCUT2D eigenvalue weighted by Crippen LogP contribution is -2.54. The molecule has 39 heavy (non-hydrogen) atoms. The van der Waals surface area contributed by atoms with Crippen molar-refractivity contribution in [2.45, 2.75) is 46.1 Å². The van der Waals surface area contributed by atoms with E-state index in [9.17, 15) is 24.0 Å². The minimum Gasteiger partial charge on any atom is -0.448 e. The summed E-state index contributed by atoms with van der Waals surface area (Å²) in [6.07, 6.45) is -3.36. The number of para-hydroxylation sites is 1. The Morgan fingerprint density at radius 1 is 0.872 bits per heavy atom. The van der Waals surface area contributed by atoms with Crippen LogP contribution in [0, 0.1) is 6.92 Å². The monoisotopic (exact) mass is 536 g/mol. The minimum atomic E-state index is -1.69. The highest BCUT2D eigenvalue weighted by atomic mass is 16.6. The molecule has 0 aromatic heterocycles. The van der Waals surface area contributed by atoms with Gasteiger partial charge in [-0.2, -0.15) is 0 Å². The maximum atomic E-state index is 13.4. The van der Waals surface area contributed by atoms with Crippen molar-refractivity contribution < 1.29 is 33.4 Å². The Hall–Kier alpha value is -4.41. The van der Waals surface area contributed by atoms with Gasteiger partial charge in [0.05, 0.1) is 0 Å². The summed E-state index contributed by atoms with van der Waals surface area (Å²) < 4.78 is 10.4. The largest absolute Gasteiger partial charge is 0.448 e. The maximum absolute atomic E-state index is 13.4. The Kier molecular flexibility index (Phi) is 8.48. The summed E-state index contributed by atoms with van der Waals surface area (Å²) in [5.41, 5.74) is 3.69. The normalized spacial score (nSPS) is 16.0. The van der Waals surface area contributed by atoms with Crippen molar-refractivity contribution in [3.63, 3.8) is 0 Å². The van der Waals surface area contributed by atoms with Crippen molar-refractivity contribution in [1.82, 2.24) is 15.1 Å². The molecule has 4 amide bonds. The number of carbonyl (C=O) groups is 5. The number of nitrogens with one attached hydrogen (secondary N) is 1. The zero-order valence-corrected chi connectivity index (χ0v) is 22.2. The molecule has 2 heterocycles. The van der Waals surface area contributed by atoms with E-state index >= 15 is 0 Å². The molecule has 4 rings (SSSR count). The van der Waals surface area contributed by atoms with Crippen LogP contribution in [-0.2, 0) is 41.7 Å². The van der Waals surface area contributed by atoms with Crippen molar-refractivity contribution in [3.05, 3.63) is 65.2 Å². The molecule has 0 aliphatic carbocycles. The lowest BCUT2D eigenvalue weighted by molar-refractivity contribution is -0.178. The van der Waals surface area contributed by atoms with Gasteiger partial charge in [-0.3, -0.25) is 24.1 Å². The molecule has 0 bridgehead atoms. The number of rotatable bonds is 9. The average molecular weight is 537 g/mol. The topological polar surface area (TPSA) is 126 Å². The molecule has 206 valence electrons. The van der Waals surface area contributed by atoms with Crippen LogP contribution in [0.4, 0.5) is 10.5 Å². The third-order valence-corrected chi connectivity index (χ3v) is 6.70. The quantitative estimate of drug-likeness (QED) is 0.484. The molecule has 11 nitrogen and oxygen atoms in total. The predicted molar refractivity (Wildman–Crippen MR) is 140 cm³/mol. The van der Waals surface area contributed by atoms with Gasteiger partial charge >= 0.3 is 18.0 Å². The first kappa shape index (κ1) is 27.6. The molecule has 11 heteroatoms. The van der Waals surface area contributed by atoms with Crippen molar-refractivity contribution in [3.8, 4) is 0 Å². The highest BCUT2D eigenvalue weighted by molar-refractivity contribution is 5.95. The Bertz CT molecular complexity index is 1260. The predicted octanol–water partition coefficient (Wildman–Crippen LogP) is 1.76. The summed E-state index contributed by atoms with van der Waals surface area (Å²) in [5.74, 6) is -3.06. The van der Waals surface area contributed by atoms with Crippen molar-refractivity contribution in [2.75, 3.05) is 31.1 Å². The number of anilines is 1. The van der Waals surface area contributed by atoms with Gasteiger partial charge in [-0.05, 0) is 29.7 Å². The van der Waals surface area contributed by atoms with Crippen LogP contribution in [0.3, 0.4) is 0 Å². The molecule has 1 fully saturated rings. The Morgan fingerprint density at radius 2 is 1.46 bits per heavy atom. The van der Waals surface area contributed by atoms with Crippen LogP contribution in [-0.4, -0.2) is 78.0 Å². The van der Waals surface area contributed by atoms with Crippen LogP contribution in [0.5, 0.6) is 0 Å². The number of carbonyl (C=O) groups excluding carboxylic acids is 5. The van der Waals surface area contributed by atoms with Crippen molar-refractivity contribution >= 4 is 35.5 Å². The van der Waals surface area contributed by atoms with Crippen LogP contribution >= 0.6 is 0 Å². The van der Waals surface area contributed by atoms with Crippen LogP contribution in [0.2, 0.25) is 0 Å². The van der Waals surface area contributed by atoms with E-state index < -0.39 is 36.0 Å². The van der Waals surface area contributed by atoms with E-state index in [-0.39, 0.29) is 32.2 Å². The summed E-state index contributed by atoms with van der Waals surface area (Å²) in [7, 11) is 0. The molecular weight excluding hydrogens is 504 g/mol. The summed E-state index contributed by atoms with van der Waals surface area (Å²) >= 11 is 0. The van der Waals surface area contributed by atoms with Gasteiger partial charge < -0.3 is 24.6 Å². The van der Waals surface area contributed by atoms with Gasteiger partial charge in [0.1, 0.15) is 0 Å². The van der Waals surface area contributed by atoms with Gasteiger partial charge in [-0.1, -0.05) is 42.5 Å². The lowest BCUT2D eigenvalue weighted by Gasteiger charge is -2.28. The zero-order chi connectivity index (χ0) is 28.1. The molecule has 0 spiro atoms. The third-order valence-electron chi connectivity index (χ3n) is 6.70. The van der Waals surface area contributed by atoms with Gasteiger partial charge in [0.2, 0.25) is 12.2 Å². The number of aryl methyl sites for hydroxylation is 1. The van der Waals surface area contributed by atoms with Gasteiger partial charge in [0, 0.05) is 58.8 Å². The molecule has 2 aromatic carbocycles. The number of fused-ring (bicyclic) bond motifs is 1. The molecule has 2 aromatic rings. The van der Waals surface area contributed by atoms with E-state index in [1.165, 1.54) is 4.90 Å². The first-order valence-electron chi connectivity index (χ1n) is 12.8. The van der Waals surface area contributed by atoms with Crippen LogP contribution in [0.15, 0.2) is 48.5 Å². The summed E-state index contributed by atoms with van der Waals surface area (Å²) in [6.45, 7) is 5.92. The summed E-state index contributed by atoms with van der Waals surface area (Å²) in [4.78, 5) is 68.0. The number of esters is 2. The highest BCUT2D eigenvalue weighted by Crippen LogP contribution is 2.25. The number of ether oxygens (including phenoxy) is 2. The second-order valence-corrected chi connectivity index (χ2v) is 9.52. The molecule has 2 atom stereocenters. The number of urea groups is 1. The van der Waals surface area contributed by atoms with Crippen LogP contribution < -0.4 is 10.2 Å². The van der Waals surface area contributed by atoms with E-state index in [2.05, 4.69) is 5.32 Å². The Balaban J connectivity index is 1.41. The molecule has 0 radical (unpaired) electrons. The molecule has 0 saturated carbocycles. The minimum absolute atomic E-state index is 0.0418. The zero-order valence-electron chi connectivity index (χ0n) is 22.2. The SMILES string of the molecule is CC(=O)O[C@@H](C(=O)NCCN1CCN(c2ccccc2C)C1=O)[C@@H](OC(C)=O)C(=O)N1Cc2ccccc2C1. The Morgan fingerprint density at radius 3 is 2.08 bits per heavy atom. The molecule has 2 aliphatic rings. The van der Waals surface area contributed by atoms with Gasteiger partial charge in [0.25, 0.3) is 11.8 Å². The lowest BCUT2D eigenvalue weighted by atomic mass is 10.1. The standard InChI is InChI=1S/C28H32N4O7/c1-18-8-4-7-11-23(18)32-15-14-30(28(32)37)13-12-29-26(35)24(38-19(2)33)25(39-20(3)34)27(36)31-16-21-9-5-6-10-22(21)17-31/h4-11,24-25H,12-17H2,1-3H3,(H,29,35)/t24-,25-/m1/s1. The first-order valence-corrected chi connectivity index (χ1v) is 12.8. The van der Waals surface area contributed by atoms with Gasteiger partial charge in [-0.15, -0.1) is 0 Å². The fraction of sp³-hybridized carbons (Fsp3) is 0.393. The highest BCUT2D eigenvalue weighted by Gasteiger charge is 2.42. The van der Waals surface area contributed by atoms with E-state index in [4.69, 9.17) is 9.47 Å². The second-order valence-electron chi connectivity index (χ2n) is 9.52. The fourth-order valence-electron chi connectivity index (χ4n) is 4.82. The van der Waals surface area contributed by atoms with Crippen LogP contribution in [0.1, 0.15) is 30.5 Å². The van der Waals surface area contributed by atoms with E-state index in [0.717, 1.165) is 36.2 Å². The van der Waals surface area contributed by atoms with Gasteiger partial charge in [-0.25, -0.2) is 4.79 Å².